The molecule has 0 radical (unpaired) electrons. The molecule has 35 heavy (non-hydrogen) atoms. The van der Waals surface area contributed by atoms with Crippen LogP contribution < -0.4 is 9.47 Å². The van der Waals surface area contributed by atoms with Crippen molar-refractivity contribution in [2.75, 3.05) is 13.2 Å². The van der Waals surface area contributed by atoms with Crippen molar-refractivity contribution < 1.29 is 29.3 Å². The second-order valence-corrected chi connectivity index (χ2v) is 11.6. The predicted octanol–water partition coefficient (Wildman–Crippen LogP) is 7.88. The molecule has 188 valence electrons. The Morgan fingerprint density at radius 2 is 1.03 bits per heavy atom. The molecule has 0 fully saturated rings. The van der Waals surface area contributed by atoms with Crippen LogP contribution in [0.3, 0.4) is 0 Å². The van der Waals surface area contributed by atoms with E-state index in [1.165, 1.54) is 0 Å². The van der Waals surface area contributed by atoms with Gasteiger partial charge in [-0.25, -0.2) is 9.59 Å². The summed E-state index contributed by atoms with van der Waals surface area (Å²) in [7, 11) is 0. The predicted molar refractivity (Wildman–Crippen MR) is 150 cm³/mol. The first-order valence-electron chi connectivity index (χ1n) is 10.3. The molecule has 0 unspecified atom stereocenters. The van der Waals surface area contributed by atoms with Gasteiger partial charge in [0.25, 0.3) is 0 Å². The van der Waals surface area contributed by atoms with Gasteiger partial charge in [-0.15, -0.1) is 0 Å². The standard InChI is InChI=1S/C25H24Br4O6/c1-13(23(30)31)5-7-34-21-17(26)9-15(10-18(21)27)25(3,4)16-11-19(28)22(20(29)12-16)35-8-6-14(2)24(32)33/h9-12H,1-2,5-8H2,3-4H3,(H,30,31)(H,32,33). The van der Waals surface area contributed by atoms with Crippen LogP contribution in [0, 0.1) is 0 Å². The van der Waals surface area contributed by atoms with Gasteiger partial charge in [0, 0.05) is 29.4 Å². The Hall–Kier alpha value is -1.62. The van der Waals surface area contributed by atoms with Gasteiger partial charge in [-0.05, 0) is 99.1 Å². The Bertz CT molecular complexity index is 1040. The van der Waals surface area contributed by atoms with E-state index in [9.17, 15) is 9.59 Å². The summed E-state index contributed by atoms with van der Waals surface area (Å²) >= 11 is 14.3. The first kappa shape index (κ1) is 29.6. The van der Waals surface area contributed by atoms with Gasteiger partial charge >= 0.3 is 11.9 Å². The number of hydrogen-bond donors (Lipinski definition) is 2. The summed E-state index contributed by atoms with van der Waals surface area (Å²) in [5, 5.41) is 17.9. The number of hydrogen-bond acceptors (Lipinski definition) is 4. The zero-order chi connectivity index (χ0) is 26.5. The third-order valence-electron chi connectivity index (χ3n) is 5.35. The maximum atomic E-state index is 10.9. The van der Waals surface area contributed by atoms with Crippen molar-refractivity contribution in [2.24, 2.45) is 0 Å². The van der Waals surface area contributed by atoms with Crippen molar-refractivity contribution in [1.82, 2.24) is 0 Å². The zero-order valence-electron chi connectivity index (χ0n) is 19.1. The number of benzene rings is 2. The molecule has 0 aliphatic carbocycles. The Morgan fingerprint density at radius 3 is 1.29 bits per heavy atom. The smallest absolute Gasteiger partial charge is 0.331 e. The number of carboxylic acids is 2. The number of aliphatic carboxylic acids is 2. The minimum atomic E-state index is -1.04. The molecule has 6 nitrogen and oxygen atoms in total. The highest BCUT2D eigenvalue weighted by Gasteiger charge is 2.27. The van der Waals surface area contributed by atoms with Crippen LogP contribution >= 0.6 is 63.7 Å². The minimum absolute atomic E-state index is 0.0883. The minimum Gasteiger partial charge on any atom is -0.491 e. The second kappa shape index (κ2) is 12.6. The van der Waals surface area contributed by atoms with Crippen molar-refractivity contribution in [3.63, 3.8) is 0 Å². The van der Waals surface area contributed by atoms with Crippen LogP contribution in [0.25, 0.3) is 0 Å². The molecule has 0 aliphatic heterocycles. The van der Waals surface area contributed by atoms with E-state index in [0.717, 1.165) is 29.0 Å². The maximum absolute atomic E-state index is 10.9. The van der Waals surface area contributed by atoms with Crippen LogP contribution in [0.1, 0.15) is 37.8 Å². The van der Waals surface area contributed by atoms with Crippen LogP contribution in [0.15, 0.2) is 66.5 Å². The lowest BCUT2D eigenvalue weighted by Gasteiger charge is -2.28. The van der Waals surface area contributed by atoms with Crippen molar-refractivity contribution in [3.05, 3.63) is 77.6 Å². The van der Waals surface area contributed by atoms with Gasteiger partial charge < -0.3 is 19.7 Å². The maximum Gasteiger partial charge on any atom is 0.331 e. The third kappa shape index (κ3) is 7.68. The van der Waals surface area contributed by atoms with Crippen molar-refractivity contribution in [1.29, 1.82) is 0 Å². The Kier molecular flexibility index (Phi) is 10.6. The first-order valence-corrected chi connectivity index (χ1v) is 13.5. The Balaban J connectivity index is 2.25. The number of ether oxygens (including phenoxy) is 2. The highest BCUT2D eigenvalue weighted by Crippen LogP contribution is 2.44. The van der Waals surface area contributed by atoms with Gasteiger partial charge in [-0.3, -0.25) is 0 Å². The molecule has 0 heterocycles. The quantitative estimate of drug-likeness (QED) is 0.215. The van der Waals surface area contributed by atoms with Crippen LogP contribution in [-0.2, 0) is 15.0 Å². The normalized spacial score (nSPS) is 11.1. The molecule has 2 rings (SSSR count). The Morgan fingerprint density at radius 1 is 0.743 bits per heavy atom. The van der Waals surface area contributed by atoms with Gasteiger partial charge in [0.2, 0.25) is 0 Å². The van der Waals surface area contributed by atoms with E-state index in [1.54, 1.807) is 0 Å². The van der Waals surface area contributed by atoms with Gasteiger partial charge in [-0.1, -0.05) is 27.0 Å². The van der Waals surface area contributed by atoms with Crippen LogP contribution in [0.2, 0.25) is 0 Å². The van der Waals surface area contributed by atoms with Gasteiger partial charge in [0.1, 0.15) is 11.5 Å². The highest BCUT2D eigenvalue weighted by molar-refractivity contribution is 9.11. The SMILES string of the molecule is C=C(CCOc1c(Br)cc(C(C)(C)c2cc(Br)c(OCCC(=C)C(=O)O)c(Br)c2)cc1Br)C(=O)O. The summed E-state index contributed by atoms with van der Waals surface area (Å²) in [5.74, 6) is -0.917. The lowest BCUT2D eigenvalue weighted by atomic mass is 9.78. The lowest BCUT2D eigenvalue weighted by molar-refractivity contribution is -0.133. The highest BCUT2D eigenvalue weighted by atomic mass is 79.9. The molecule has 10 heteroatoms. The van der Waals surface area contributed by atoms with Crippen LogP contribution in [0.5, 0.6) is 11.5 Å². The molecular formula is C25H24Br4O6. The van der Waals surface area contributed by atoms with Crippen LogP contribution in [0.4, 0.5) is 0 Å². The number of halogens is 4. The molecule has 0 amide bonds. The summed E-state index contributed by atoms with van der Waals surface area (Å²) in [6, 6.07) is 7.87. The van der Waals surface area contributed by atoms with Gasteiger partial charge in [0.05, 0.1) is 31.1 Å². The fourth-order valence-corrected chi connectivity index (χ4v) is 5.88. The summed E-state index contributed by atoms with van der Waals surface area (Å²) in [4.78, 5) is 21.8. The number of carboxylic acid groups (broad SMARTS) is 2. The molecule has 0 saturated heterocycles. The van der Waals surface area contributed by atoms with E-state index in [1.807, 2.05) is 24.3 Å². The molecule has 0 saturated carbocycles. The van der Waals surface area contributed by atoms with Crippen LogP contribution in [-0.4, -0.2) is 35.4 Å². The summed E-state index contributed by atoms with van der Waals surface area (Å²) in [6.07, 6.45) is 0.421. The molecule has 0 atom stereocenters. The van der Waals surface area contributed by atoms with E-state index in [2.05, 4.69) is 90.7 Å². The van der Waals surface area contributed by atoms with E-state index >= 15 is 0 Å². The van der Waals surface area contributed by atoms with Crippen molar-refractivity contribution >= 4 is 75.7 Å². The molecule has 0 spiro atoms. The molecular weight excluding hydrogens is 716 g/mol. The zero-order valence-corrected chi connectivity index (χ0v) is 25.4. The van der Waals surface area contributed by atoms with E-state index < -0.39 is 17.4 Å². The van der Waals surface area contributed by atoms with Gasteiger partial charge in [0.15, 0.2) is 0 Å². The fourth-order valence-electron chi connectivity index (χ4n) is 3.05. The molecule has 0 aliphatic rings. The molecule has 2 aromatic rings. The molecule has 0 bridgehead atoms. The molecule has 0 aromatic heterocycles. The topological polar surface area (TPSA) is 93.1 Å². The summed E-state index contributed by atoms with van der Waals surface area (Å²) in [6.45, 7) is 11.6. The monoisotopic (exact) mass is 736 g/mol. The van der Waals surface area contributed by atoms with Crippen molar-refractivity contribution in [3.8, 4) is 11.5 Å². The number of rotatable bonds is 12. The summed E-state index contributed by atoms with van der Waals surface area (Å²) in [5.41, 5.74) is 1.77. The van der Waals surface area contributed by atoms with E-state index in [0.29, 0.717) is 11.5 Å². The van der Waals surface area contributed by atoms with E-state index in [4.69, 9.17) is 19.7 Å². The average molecular weight is 740 g/mol. The average Bonchev–Trinajstić information content (AvgIpc) is 2.76. The largest absolute Gasteiger partial charge is 0.491 e. The molecule has 2 aromatic carbocycles. The Labute approximate surface area is 237 Å². The van der Waals surface area contributed by atoms with Crippen molar-refractivity contribution in [2.45, 2.75) is 32.1 Å². The second-order valence-electron chi connectivity index (χ2n) is 8.18. The molecule has 2 N–H and O–H groups in total. The third-order valence-corrected chi connectivity index (χ3v) is 7.70. The number of carbonyl (C=O) groups is 2. The lowest BCUT2D eigenvalue weighted by Crippen LogP contribution is -2.19. The fraction of sp³-hybridized carbons (Fsp3) is 0.280. The van der Waals surface area contributed by atoms with Gasteiger partial charge in [-0.2, -0.15) is 0 Å². The summed E-state index contributed by atoms with van der Waals surface area (Å²) < 4.78 is 14.5. The first-order chi connectivity index (χ1) is 16.2. The van der Waals surface area contributed by atoms with E-state index in [-0.39, 0.29) is 37.2 Å².